The van der Waals surface area contributed by atoms with E-state index in [0.717, 1.165) is 6.42 Å². The first-order valence-electron chi connectivity index (χ1n) is 16.3. The zero-order valence-corrected chi connectivity index (χ0v) is 30.2. The Bertz CT molecular complexity index is 1450. The predicted octanol–water partition coefficient (Wildman–Crippen LogP) is 10.3. The van der Waals surface area contributed by atoms with Gasteiger partial charge in [-0.25, -0.2) is 0 Å². The van der Waals surface area contributed by atoms with Gasteiger partial charge in [-0.05, 0) is 109 Å². The minimum atomic E-state index is -0.762. The summed E-state index contributed by atoms with van der Waals surface area (Å²) in [5.41, 5.74) is 16.4. The molecule has 0 bridgehead atoms. The van der Waals surface area contributed by atoms with Crippen molar-refractivity contribution >= 4 is 20.3 Å². The second-order valence-electron chi connectivity index (χ2n) is 15.4. The number of hydrogen-bond acceptors (Lipinski definition) is 0. The van der Waals surface area contributed by atoms with Gasteiger partial charge in [-0.15, -0.1) is 0 Å². The van der Waals surface area contributed by atoms with Crippen LogP contribution in [-0.4, -0.2) is 9.52 Å². The van der Waals surface area contributed by atoms with E-state index in [1.807, 2.05) is 0 Å². The van der Waals surface area contributed by atoms with Crippen LogP contribution in [0.15, 0.2) is 77.4 Å². The van der Waals surface area contributed by atoms with E-state index in [0.29, 0.717) is 0 Å². The van der Waals surface area contributed by atoms with E-state index < -0.39 is 9.52 Å². The highest BCUT2D eigenvalue weighted by Gasteiger charge is 2.44. The zero-order valence-electron chi connectivity index (χ0n) is 28.8. The third-order valence-corrected chi connectivity index (χ3v) is 12.3. The van der Waals surface area contributed by atoms with Crippen LogP contribution in [0.2, 0.25) is 5.04 Å². The molecule has 4 rings (SSSR count). The summed E-state index contributed by atoms with van der Waals surface area (Å²) in [6.45, 7) is 28.2. The molecule has 0 aromatic heterocycles. The second kappa shape index (κ2) is 12.2. The molecule has 0 saturated heterocycles. The summed E-state index contributed by atoms with van der Waals surface area (Å²) in [6.07, 6.45) is 4.73. The third-order valence-electron chi connectivity index (χ3n) is 9.78. The highest BCUT2D eigenvalue weighted by molar-refractivity contribution is 6.61. The lowest BCUT2D eigenvalue weighted by atomic mass is 9.77. The lowest BCUT2D eigenvalue weighted by Gasteiger charge is -2.37. The number of hydrogen-bond donors (Lipinski definition) is 0. The van der Waals surface area contributed by atoms with Gasteiger partial charge >= 0.3 is 0 Å². The van der Waals surface area contributed by atoms with Crippen LogP contribution in [0.3, 0.4) is 0 Å². The van der Waals surface area contributed by atoms with Crippen LogP contribution >= 0.6 is 0 Å². The molecule has 42 heavy (non-hydrogen) atoms. The SMILES string of the molecule is CCCCc1ccc(C2=C(C)C(C)=C(C)C2(Cc2cc(C(C)(C)C)cc(C(C)(C)C)c2)[SiH2]c2cc(C)cc(C)c2)cc1. The smallest absolute Gasteiger partial charge is 0.0654 e. The van der Waals surface area contributed by atoms with Crippen molar-refractivity contribution in [3.05, 3.63) is 116 Å². The molecule has 3 aromatic carbocycles. The number of unbranched alkanes of at least 4 members (excludes halogenated alkanes) is 1. The highest BCUT2D eigenvalue weighted by atomic mass is 28.2. The molecule has 0 fully saturated rings. The van der Waals surface area contributed by atoms with E-state index >= 15 is 0 Å². The molecule has 1 heteroatoms. The Hall–Kier alpha value is -2.64. The van der Waals surface area contributed by atoms with Gasteiger partial charge in [-0.3, -0.25) is 0 Å². The van der Waals surface area contributed by atoms with Crippen molar-refractivity contribution in [2.24, 2.45) is 0 Å². The van der Waals surface area contributed by atoms with Crippen molar-refractivity contribution in [3.63, 3.8) is 0 Å². The topological polar surface area (TPSA) is 0 Å². The van der Waals surface area contributed by atoms with E-state index in [1.165, 1.54) is 69.4 Å². The molecule has 1 atom stereocenters. The van der Waals surface area contributed by atoms with Crippen molar-refractivity contribution in [1.82, 2.24) is 0 Å². The van der Waals surface area contributed by atoms with Gasteiger partial charge in [0.2, 0.25) is 0 Å². The lowest BCUT2D eigenvalue weighted by Crippen LogP contribution is -2.34. The van der Waals surface area contributed by atoms with Crippen molar-refractivity contribution in [1.29, 1.82) is 0 Å². The Morgan fingerprint density at radius 3 is 1.69 bits per heavy atom. The molecule has 0 amide bonds. The highest BCUT2D eigenvalue weighted by Crippen LogP contribution is 2.58. The van der Waals surface area contributed by atoms with Crippen LogP contribution in [-0.2, 0) is 23.7 Å². The quantitative estimate of drug-likeness (QED) is 0.234. The molecule has 224 valence electrons. The summed E-state index contributed by atoms with van der Waals surface area (Å²) < 4.78 is 0. The maximum atomic E-state index is 2.54. The molecule has 0 saturated carbocycles. The van der Waals surface area contributed by atoms with Crippen LogP contribution in [0.25, 0.3) is 5.57 Å². The molecule has 1 aliphatic rings. The summed E-state index contributed by atoms with van der Waals surface area (Å²) in [5, 5.41) is 1.61. The Kier molecular flexibility index (Phi) is 9.34. The number of allylic oxidation sites excluding steroid dienone is 4. The van der Waals surface area contributed by atoms with E-state index in [-0.39, 0.29) is 15.9 Å². The second-order valence-corrected chi connectivity index (χ2v) is 17.8. The fourth-order valence-corrected chi connectivity index (χ4v) is 10.3. The van der Waals surface area contributed by atoms with E-state index in [4.69, 9.17) is 0 Å². The zero-order chi connectivity index (χ0) is 31.0. The Morgan fingerprint density at radius 1 is 0.643 bits per heavy atom. The monoisotopic (exact) mass is 576 g/mol. The van der Waals surface area contributed by atoms with Gasteiger partial charge in [0.1, 0.15) is 0 Å². The fraction of sp³-hybridized carbons (Fsp3) is 0.463. The molecular formula is C41H56Si. The number of benzene rings is 3. The normalized spacial score (nSPS) is 18.2. The summed E-state index contributed by atoms with van der Waals surface area (Å²) in [4.78, 5) is 0. The van der Waals surface area contributed by atoms with Crippen LogP contribution in [0.4, 0.5) is 0 Å². The first-order valence-corrected chi connectivity index (χ1v) is 17.7. The van der Waals surface area contributed by atoms with Crippen LogP contribution < -0.4 is 5.19 Å². The molecule has 0 spiro atoms. The number of rotatable bonds is 8. The van der Waals surface area contributed by atoms with Crippen molar-refractivity contribution in [3.8, 4) is 0 Å². The van der Waals surface area contributed by atoms with Crippen LogP contribution in [0, 0.1) is 13.8 Å². The van der Waals surface area contributed by atoms with E-state index in [2.05, 4.69) is 144 Å². The molecule has 0 radical (unpaired) electrons. The summed E-state index contributed by atoms with van der Waals surface area (Å²) in [6, 6.07) is 24.5. The van der Waals surface area contributed by atoms with Crippen molar-refractivity contribution in [2.75, 3.05) is 0 Å². The molecule has 1 unspecified atom stereocenters. The first kappa shape index (κ1) is 32.3. The Morgan fingerprint density at radius 2 is 1.19 bits per heavy atom. The Labute approximate surface area is 260 Å². The van der Waals surface area contributed by atoms with E-state index in [1.54, 1.807) is 16.3 Å². The van der Waals surface area contributed by atoms with Gasteiger partial charge in [-0.1, -0.05) is 137 Å². The minimum Gasteiger partial charge on any atom is -0.0654 e. The van der Waals surface area contributed by atoms with E-state index in [9.17, 15) is 0 Å². The molecule has 0 N–H and O–H groups in total. The van der Waals surface area contributed by atoms with Gasteiger partial charge in [0.25, 0.3) is 0 Å². The predicted molar refractivity (Wildman–Crippen MR) is 190 cm³/mol. The largest absolute Gasteiger partial charge is 0.0718 e. The molecule has 3 aromatic rings. The molecule has 1 aliphatic carbocycles. The van der Waals surface area contributed by atoms with Crippen molar-refractivity contribution < 1.29 is 0 Å². The average Bonchev–Trinajstić information content (AvgIpc) is 3.06. The maximum absolute atomic E-state index is 2.54. The number of aryl methyl sites for hydroxylation is 3. The average molecular weight is 577 g/mol. The first-order chi connectivity index (χ1) is 19.5. The molecule has 0 aliphatic heterocycles. The summed E-state index contributed by atoms with van der Waals surface area (Å²) in [5.74, 6) is 0. The third kappa shape index (κ3) is 6.78. The molecular weight excluding hydrogens is 521 g/mol. The lowest BCUT2D eigenvalue weighted by molar-refractivity contribution is 0.566. The minimum absolute atomic E-state index is 0.0327. The van der Waals surface area contributed by atoms with Crippen LogP contribution in [0.5, 0.6) is 0 Å². The molecule has 0 heterocycles. The van der Waals surface area contributed by atoms with Crippen LogP contribution in [0.1, 0.15) is 121 Å². The van der Waals surface area contributed by atoms with Gasteiger partial charge in [-0.2, -0.15) is 0 Å². The standard InChI is InChI=1S/C41H56Si/c1-13-14-15-32-16-18-34(19-17-32)38-30(5)29(4)31(6)41(38,42-37-21-27(2)20-28(3)22-37)26-33-23-35(39(7,8)9)25-36(24-33)40(10,11)12/h16-25H,13-15,26,42H2,1-12H3. The van der Waals surface area contributed by atoms with Gasteiger partial charge in [0, 0.05) is 5.04 Å². The fourth-order valence-electron chi connectivity index (χ4n) is 7.12. The van der Waals surface area contributed by atoms with Gasteiger partial charge in [0.05, 0.1) is 9.52 Å². The van der Waals surface area contributed by atoms with Gasteiger partial charge < -0.3 is 0 Å². The van der Waals surface area contributed by atoms with Gasteiger partial charge in [0.15, 0.2) is 0 Å². The Balaban J connectivity index is 1.95. The molecule has 0 nitrogen and oxygen atoms in total. The summed E-state index contributed by atoms with van der Waals surface area (Å²) in [7, 11) is -0.762. The maximum Gasteiger partial charge on any atom is 0.0718 e. The summed E-state index contributed by atoms with van der Waals surface area (Å²) >= 11 is 0. The van der Waals surface area contributed by atoms with Crippen molar-refractivity contribution in [2.45, 2.75) is 125 Å².